The monoisotopic (exact) mass is 244 g/mol. The fourth-order valence-electron chi connectivity index (χ4n) is 1.44. The van der Waals surface area contributed by atoms with Crippen molar-refractivity contribution < 1.29 is 14.6 Å². The highest BCUT2D eigenvalue weighted by Crippen LogP contribution is 2.20. The van der Waals surface area contributed by atoms with E-state index in [0.29, 0.717) is 26.3 Å². The molecule has 1 rings (SSSR count). The highest BCUT2D eigenvalue weighted by atomic mass is 16.5. The number of ether oxygens (including phenoxy) is 1. The van der Waals surface area contributed by atoms with Gasteiger partial charge in [-0.05, 0) is 27.7 Å². The van der Waals surface area contributed by atoms with Gasteiger partial charge in [0.2, 0.25) is 5.91 Å². The van der Waals surface area contributed by atoms with E-state index < -0.39 is 11.1 Å². The summed E-state index contributed by atoms with van der Waals surface area (Å²) in [6.45, 7) is 10.0. The van der Waals surface area contributed by atoms with E-state index >= 15 is 0 Å². The number of aliphatic hydroxyl groups is 1. The van der Waals surface area contributed by atoms with E-state index in [-0.39, 0.29) is 12.5 Å². The molecule has 0 bridgehead atoms. The third kappa shape index (κ3) is 3.94. The molecule has 5 nitrogen and oxygen atoms in total. The van der Waals surface area contributed by atoms with E-state index in [9.17, 15) is 9.90 Å². The molecule has 2 N–H and O–H groups in total. The molecule has 0 radical (unpaired) electrons. The quantitative estimate of drug-likeness (QED) is 0.730. The van der Waals surface area contributed by atoms with Gasteiger partial charge >= 0.3 is 0 Å². The minimum Gasteiger partial charge on any atom is -0.389 e. The Balaban J connectivity index is 2.42. The molecule has 0 spiro atoms. The lowest BCUT2D eigenvalue weighted by atomic mass is 9.86. The molecule has 0 aromatic rings. The van der Waals surface area contributed by atoms with Gasteiger partial charge in [0.15, 0.2) is 0 Å². The van der Waals surface area contributed by atoms with E-state index in [1.165, 1.54) is 0 Å². The molecule has 5 heteroatoms. The van der Waals surface area contributed by atoms with Gasteiger partial charge in [-0.25, -0.2) is 0 Å². The molecule has 1 heterocycles. The first-order chi connectivity index (χ1) is 7.74. The second kappa shape index (κ2) is 5.33. The molecule has 1 amide bonds. The third-order valence-electron chi connectivity index (χ3n) is 3.57. The normalized spacial score (nSPS) is 18.3. The molecule has 0 saturated carbocycles. The first-order valence-electron chi connectivity index (χ1n) is 6.07. The van der Waals surface area contributed by atoms with Crippen LogP contribution in [0.1, 0.15) is 27.7 Å². The molecule has 1 fully saturated rings. The van der Waals surface area contributed by atoms with Gasteiger partial charge in [-0.3, -0.25) is 4.79 Å². The van der Waals surface area contributed by atoms with Crippen molar-refractivity contribution in [3.8, 4) is 0 Å². The molecule has 0 unspecified atom stereocenters. The highest BCUT2D eigenvalue weighted by Gasteiger charge is 2.35. The number of nitrogens with zero attached hydrogens (tertiary/aromatic N) is 1. The van der Waals surface area contributed by atoms with Crippen LogP contribution in [0.25, 0.3) is 0 Å². The van der Waals surface area contributed by atoms with Gasteiger partial charge in [0.05, 0.1) is 25.4 Å². The summed E-state index contributed by atoms with van der Waals surface area (Å²) in [7, 11) is 0. The Labute approximate surface area is 103 Å². The lowest BCUT2D eigenvalue weighted by Crippen LogP contribution is -2.58. The van der Waals surface area contributed by atoms with Crippen molar-refractivity contribution in [2.24, 2.45) is 0 Å². The third-order valence-corrected chi connectivity index (χ3v) is 3.57. The number of amides is 1. The number of hydrogen-bond acceptors (Lipinski definition) is 4. The summed E-state index contributed by atoms with van der Waals surface area (Å²) in [5.74, 6) is 0.0608. The summed E-state index contributed by atoms with van der Waals surface area (Å²) in [5.41, 5.74) is -1.38. The molecule has 100 valence electrons. The Morgan fingerprint density at radius 2 is 1.82 bits per heavy atom. The SMILES string of the molecule is CC(C)(O)C(C)(C)NCC(=O)N1CCOCC1. The van der Waals surface area contributed by atoms with E-state index in [0.717, 1.165) is 0 Å². The number of morpholine rings is 1. The first kappa shape index (κ1) is 14.4. The summed E-state index contributed by atoms with van der Waals surface area (Å²) in [6, 6.07) is 0. The second-order valence-electron chi connectivity index (χ2n) is 5.53. The molecular weight excluding hydrogens is 220 g/mol. The van der Waals surface area contributed by atoms with Crippen LogP contribution >= 0.6 is 0 Å². The van der Waals surface area contributed by atoms with E-state index in [4.69, 9.17) is 4.74 Å². The van der Waals surface area contributed by atoms with Crippen LogP contribution in [0.4, 0.5) is 0 Å². The number of carbonyl (C=O) groups excluding carboxylic acids is 1. The second-order valence-corrected chi connectivity index (χ2v) is 5.53. The fourth-order valence-corrected chi connectivity index (χ4v) is 1.44. The smallest absolute Gasteiger partial charge is 0.236 e. The first-order valence-corrected chi connectivity index (χ1v) is 6.07. The summed E-state index contributed by atoms with van der Waals surface area (Å²) in [5, 5.41) is 13.1. The van der Waals surface area contributed by atoms with Crippen molar-refractivity contribution in [2.75, 3.05) is 32.8 Å². The van der Waals surface area contributed by atoms with Crippen molar-refractivity contribution >= 4 is 5.91 Å². The van der Waals surface area contributed by atoms with Gasteiger partial charge in [-0.2, -0.15) is 0 Å². The van der Waals surface area contributed by atoms with Gasteiger partial charge < -0.3 is 20.1 Å². The van der Waals surface area contributed by atoms with Crippen LogP contribution in [0.3, 0.4) is 0 Å². The maximum Gasteiger partial charge on any atom is 0.236 e. The van der Waals surface area contributed by atoms with E-state index in [2.05, 4.69) is 5.32 Å². The zero-order valence-corrected chi connectivity index (χ0v) is 11.2. The Bertz CT molecular complexity index is 265. The van der Waals surface area contributed by atoms with Gasteiger partial charge in [-0.15, -0.1) is 0 Å². The lowest BCUT2D eigenvalue weighted by Gasteiger charge is -2.38. The maximum atomic E-state index is 11.9. The van der Waals surface area contributed by atoms with Gasteiger partial charge in [0.25, 0.3) is 0 Å². The van der Waals surface area contributed by atoms with Crippen LogP contribution in [-0.4, -0.2) is 59.9 Å². The molecule has 0 aromatic carbocycles. The van der Waals surface area contributed by atoms with Gasteiger partial charge in [-0.1, -0.05) is 0 Å². The molecule has 0 aliphatic carbocycles. The molecule has 0 aromatic heterocycles. The Hall–Kier alpha value is -0.650. The van der Waals surface area contributed by atoms with Crippen molar-refractivity contribution in [1.82, 2.24) is 10.2 Å². The minimum absolute atomic E-state index is 0.0608. The molecule has 1 saturated heterocycles. The number of carbonyl (C=O) groups is 1. The highest BCUT2D eigenvalue weighted by molar-refractivity contribution is 5.78. The summed E-state index contributed by atoms with van der Waals surface area (Å²) in [4.78, 5) is 13.7. The molecule has 1 aliphatic heterocycles. The topological polar surface area (TPSA) is 61.8 Å². The maximum absolute atomic E-state index is 11.9. The van der Waals surface area contributed by atoms with E-state index in [1.54, 1.807) is 18.7 Å². The number of hydrogen-bond donors (Lipinski definition) is 2. The van der Waals surface area contributed by atoms with Crippen LogP contribution in [0.5, 0.6) is 0 Å². The molecule has 17 heavy (non-hydrogen) atoms. The zero-order valence-electron chi connectivity index (χ0n) is 11.2. The summed E-state index contributed by atoms with van der Waals surface area (Å²) < 4.78 is 5.20. The molecule has 0 atom stereocenters. The standard InChI is InChI=1S/C12H24N2O3/c1-11(2,12(3,4)16)13-9-10(15)14-5-7-17-8-6-14/h13,16H,5-9H2,1-4H3. The van der Waals surface area contributed by atoms with Crippen LogP contribution < -0.4 is 5.32 Å². The van der Waals surface area contributed by atoms with Crippen molar-refractivity contribution in [2.45, 2.75) is 38.8 Å². The predicted octanol–water partition coefficient (Wildman–Crippen LogP) is -0.0157. The van der Waals surface area contributed by atoms with Crippen LogP contribution in [0.15, 0.2) is 0 Å². The number of rotatable bonds is 4. The van der Waals surface area contributed by atoms with Gasteiger partial charge in [0, 0.05) is 18.6 Å². The minimum atomic E-state index is -0.877. The average Bonchev–Trinajstić information content (AvgIpc) is 2.25. The summed E-state index contributed by atoms with van der Waals surface area (Å²) >= 11 is 0. The fraction of sp³-hybridized carbons (Fsp3) is 0.917. The summed E-state index contributed by atoms with van der Waals surface area (Å²) in [6.07, 6.45) is 0. The van der Waals surface area contributed by atoms with Crippen molar-refractivity contribution in [3.05, 3.63) is 0 Å². The average molecular weight is 244 g/mol. The van der Waals surface area contributed by atoms with E-state index in [1.807, 2.05) is 13.8 Å². The van der Waals surface area contributed by atoms with Crippen molar-refractivity contribution in [1.29, 1.82) is 0 Å². The lowest BCUT2D eigenvalue weighted by molar-refractivity contribution is -0.135. The Morgan fingerprint density at radius 3 is 2.29 bits per heavy atom. The van der Waals surface area contributed by atoms with Crippen LogP contribution in [-0.2, 0) is 9.53 Å². The largest absolute Gasteiger partial charge is 0.389 e. The van der Waals surface area contributed by atoms with Crippen LogP contribution in [0, 0.1) is 0 Å². The van der Waals surface area contributed by atoms with Crippen LogP contribution in [0.2, 0.25) is 0 Å². The zero-order chi connectivity index (χ0) is 13.1. The number of nitrogens with one attached hydrogen (secondary N) is 1. The molecule has 1 aliphatic rings. The van der Waals surface area contributed by atoms with Crippen molar-refractivity contribution in [3.63, 3.8) is 0 Å². The molecular formula is C12H24N2O3. The predicted molar refractivity (Wildman–Crippen MR) is 65.8 cm³/mol. The van der Waals surface area contributed by atoms with Gasteiger partial charge in [0.1, 0.15) is 0 Å². The Kier molecular flexibility index (Phi) is 4.52. The Morgan fingerprint density at radius 1 is 1.29 bits per heavy atom.